The molecule has 1 aliphatic rings. The van der Waals surface area contributed by atoms with Crippen molar-refractivity contribution < 1.29 is 8.78 Å². The van der Waals surface area contributed by atoms with Crippen molar-refractivity contribution in [2.45, 2.75) is 64.2 Å². The van der Waals surface area contributed by atoms with Crippen LogP contribution < -0.4 is 0 Å². The number of benzene rings is 3. The topological polar surface area (TPSA) is 0 Å². The number of halogens is 2. The van der Waals surface area contributed by atoms with Gasteiger partial charge in [-0.1, -0.05) is 80.8 Å². The Labute approximate surface area is 197 Å². The molecule has 0 radical (unpaired) electrons. The van der Waals surface area contributed by atoms with Gasteiger partial charge in [-0.3, -0.25) is 0 Å². The molecule has 0 N–H and O–H groups in total. The molecule has 3 aromatic carbocycles. The maximum atomic E-state index is 13.3. The molecule has 0 spiro atoms. The molecule has 0 heterocycles. The van der Waals surface area contributed by atoms with Gasteiger partial charge in [0, 0.05) is 11.1 Å². The van der Waals surface area contributed by atoms with Crippen LogP contribution in [-0.4, -0.2) is 0 Å². The standard InChI is InChI=1S/C31H32F2/c1-2-3-4-5-23-8-13-26(14-9-23)28-17-19-29(20-18-28)27-15-10-24(11-16-27)6-7-25-12-21-30(32)31(33)22-25/h10-12,15-23,26H,2-5,8-9,13-14H2,1H3. The minimum atomic E-state index is -0.874. The Hall–Kier alpha value is -2.92. The number of hydrogen-bond donors (Lipinski definition) is 0. The zero-order valence-corrected chi connectivity index (χ0v) is 19.4. The Morgan fingerprint density at radius 1 is 0.697 bits per heavy atom. The van der Waals surface area contributed by atoms with E-state index in [9.17, 15) is 8.78 Å². The molecule has 33 heavy (non-hydrogen) atoms. The van der Waals surface area contributed by atoms with E-state index in [1.54, 1.807) is 0 Å². The molecule has 0 saturated heterocycles. The Balaban J connectivity index is 1.35. The second kappa shape index (κ2) is 11.3. The lowest BCUT2D eigenvalue weighted by molar-refractivity contribution is 0.303. The van der Waals surface area contributed by atoms with Gasteiger partial charge in [0.05, 0.1) is 0 Å². The summed E-state index contributed by atoms with van der Waals surface area (Å²) in [5.74, 6) is 5.83. The molecule has 170 valence electrons. The van der Waals surface area contributed by atoms with Gasteiger partial charge >= 0.3 is 0 Å². The smallest absolute Gasteiger partial charge is 0.160 e. The monoisotopic (exact) mass is 442 g/mol. The second-order valence-electron chi connectivity index (χ2n) is 9.29. The molecule has 1 fully saturated rings. The molecule has 0 unspecified atom stereocenters. The molecular weight excluding hydrogens is 410 g/mol. The van der Waals surface area contributed by atoms with Crippen molar-refractivity contribution in [3.05, 3.63) is 95.1 Å². The molecule has 0 atom stereocenters. The summed E-state index contributed by atoms with van der Waals surface area (Å²) in [6.07, 6.45) is 10.9. The van der Waals surface area contributed by atoms with E-state index in [0.717, 1.165) is 29.2 Å². The SMILES string of the molecule is CCCCCC1CCC(c2ccc(-c3ccc(C#Cc4ccc(F)c(F)c4)cc3)cc2)CC1. The van der Waals surface area contributed by atoms with Gasteiger partial charge in [-0.15, -0.1) is 0 Å². The Kier molecular flexibility index (Phi) is 7.95. The first-order valence-corrected chi connectivity index (χ1v) is 12.3. The normalized spacial score (nSPS) is 17.9. The molecule has 1 aliphatic carbocycles. The highest BCUT2D eigenvalue weighted by atomic mass is 19.2. The lowest BCUT2D eigenvalue weighted by Gasteiger charge is -2.29. The summed E-state index contributed by atoms with van der Waals surface area (Å²) >= 11 is 0. The van der Waals surface area contributed by atoms with Gasteiger partial charge in [-0.25, -0.2) is 8.78 Å². The third-order valence-electron chi connectivity index (χ3n) is 6.93. The first kappa shape index (κ1) is 23.2. The van der Waals surface area contributed by atoms with Crippen LogP contribution in [0, 0.1) is 29.4 Å². The predicted octanol–water partition coefficient (Wildman–Crippen LogP) is 8.89. The molecule has 3 aromatic rings. The molecule has 0 amide bonds. The zero-order valence-electron chi connectivity index (χ0n) is 19.4. The van der Waals surface area contributed by atoms with Crippen molar-refractivity contribution in [1.29, 1.82) is 0 Å². The molecule has 0 aromatic heterocycles. The van der Waals surface area contributed by atoms with Crippen molar-refractivity contribution in [3.8, 4) is 23.0 Å². The lowest BCUT2D eigenvalue weighted by atomic mass is 9.77. The van der Waals surface area contributed by atoms with Crippen LogP contribution >= 0.6 is 0 Å². The van der Waals surface area contributed by atoms with Gasteiger partial charge in [0.1, 0.15) is 0 Å². The maximum Gasteiger partial charge on any atom is 0.160 e. The van der Waals surface area contributed by atoms with E-state index in [-0.39, 0.29) is 0 Å². The Morgan fingerprint density at radius 3 is 1.94 bits per heavy atom. The third kappa shape index (κ3) is 6.32. The largest absolute Gasteiger partial charge is 0.204 e. The molecular formula is C31H32F2. The van der Waals surface area contributed by atoms with Crippen molar-refractivity contribution >= 4 is 0 Å². The fourth-order valence-corrected chi connectivity index (χ4v) is 4.88. The summed E-state index contributed by atoms with van der Waals surface area (Å²) in [4.78, 5) is 0. The van der Waals surface area contributed by atoms with Crippen molar-refractivity contribution in [2.75, 3.05) is 0 Å². The average molecular weight is 443 g/mol. The molecule has 4 rings (SSSR count). The van der Waals surface area contributed by atoms with Crippen LogP contribution in [0.3, 0.4) is 0 Å². The summed E-state index contributed by atoms with van der Waals surface area (Å²) in [6, 6.07) is 20.8. The summed E-state index contributed by atoms with van der Waals surface area (Å²) in [6.45, 7) is 2.28. The van der Waals surface area contributed by atoms with Crippen molar-refractivity contribution in [2.24, 2.45) is 5.92 Å². The van der Waals surface area contributed by atoms with E-state index in [1.807, 2.05) is 12.1 Å². The first-order chi connectivity index (χ1) is 16.1. The molecule has 0 aliphatic heterocycles. The second-order valence-corrected chi connectivity index (χ2v) is 9.29. The van der Waals surface area contributed by atoms with E-state index >= 15 is 0 Å². The first-order valence-electron chi connectivity index (χ1n) is 12.3. The molecule has 0 bridgehead atoms. The van der Waals surface area contributed by atoms with Crippen LogP contribution in [0.25, 0.3) is 11.1 Å². The average Bonchev–Trinajstić information content (AvgIpc) is 2.86. The van der Waals surface area contributed by atoms with Crippen LogP contribution in [0.15, 0.2) is 66.7 Å². The molecule has 0 nitrogen and oxygen atoms in total. The van der Waals surface area contributed by atoms with Gasteiger partial charge in [0.15, 0.2) is 11.6 Å². The maximum absolute atomic E-state index is 13.3. The quantitative estimate of drug-likeness (QED) is 0.264. The molecule has 2 heteroatoms. The summed E-state index contributed by atoms with van der Waals surface area (Å²) in [5.41, 5.74) is 5.13. The van der Waals surface area contributed by atoms with Gasteiger partial charge in [0.25, 0.3) is 0 Å². The Morgan fingerprint density at radius 2 is 1.30 bits per heavy atom. The zero-order chi connectivity index (χ0) is 23.0. The summed E-state index contributed by atoms with van der Waals surface area (Å²) in [5, 5.41) is 0. The van der Waals surface area contributed by atoms with E-state index in [1.165, 1.54) is 68.6 Å². The van der Waals surface area contributed by atoms with E-state index < -0.39 is 11.6 Å². The fraction of sp³-hybridized carbons (Fsp3) is 0.355. The van der Waals surface area contributed by atoms with Crippen LogP contribution in [0.2, 0.25) is 0 Å². The number of hydrogen-bond acceptors (Lipinski definition) is 0. The van der Waals surface area contributed by atoms with Gasteiger partial charge in [0.2, 0.25) is 0 Å². The molecule has 1 saturated carbocycles. The van der Waals surface area contributed by atoms with Gasteiger partial charge in [-0.2, -0.15) is 0 Å². The predicted molar refractivity (Wildman–Crippen MR) is 133 cm³/mol. The number of unbranched alkanes of at least 4 members (excludes halogenated alkanes) is 2. The fourth-order valence-electron chi connectivity index (χ4n) is 4.88. The van der Waals surface area contributed by atoms with Crippen molar-refractivity contribution in [1.82, 2.24) is 0 Å². The lowest BCUT2D eigenvalue weighted by Crippen LogP contribution is -2.13. The highest BCUT2D eigenvalue weighted by Crippen LogP contribution is 2.38. The minimum absolute atomic E-state index is 0.462. The van der Waals surface area contributed by atoms with Gasteiger partial charge in [-0.05, 0) is 84.5 Å². The Bertz CT molecular complexity index is 1090. The highest BCUT2D eigenvalue weighted by Gasteiger charge is 2.22. The highest BCUT2D eigenvalue weighted by molar-refractivity contribution is 5.65. The van der Waals surface area contributed by atoms with E-state index in [0.29, 0.717) is 11.5 Å². The van der Waals surface area contributed by atoms with E-state index in [4.69, 9.17) is 0 Å². The van der Waals surface area contributed by atoms with Crippen LogP contribution in [0.5, 0.6) is 0 Å². The van der Waals surface area contributed by atoms with Crippen LogP contribution in [0.1, 0.15) is 80.9 Å². The van der Waals surface area contributed by atoms with Crippen LogP contribution in [-0.2, 0) is 0 Å². The minimum Gasteiger partial charge on any atom is -0.204 e. The summed E-state index contributed by atoms with van der Waals surface area (Å²) < 4.78 is 26.4. The van der Waals surface area contributed by atoms with Crippen molar-refractivity contribution in [3.63, 3.8) is 0 Å². The van der Waals surface area contributed by atoms with E-state index in [2.05, 4.69) is 55.2 Å². The number of rotatable bonds is 6. The van der Waals surface area contributed by atoms with Gasteiger partial charge < -0.3 is 0 Å². The van der Waals surface area contributed by atoms with Crippen LogP contribution in [0.4, 0.5) is 8.78 Å². The third-order valence-corrected chi connectivity index (χ3v) is 6.93. The summed E-state index contributed by atoms with van der Waals surface area (Å²) in [7, 11) is 0.